The maximum atomic E-state index is 13.1. The summed E-state index contributed by atoms with van der Waals surface area (Å²) < 4.78 is 5.52. The Kier molecular flexibility index (Phi) is 6.50. The molecule has 27 heavy (non-hydrogen) atoms. The first-order valence-corrected chi connectivity index (χ1v) is 9.77. The number of hydrogen-bond acceptors (Lipinski definition) is 3. The Labute approximate surface area is 160 Å². The number of amides is 2. The Hall–Kier alpha value is -2.34. The van der Waals surface area contributed by atoms with Gasteiger partial charge in [-0.25, -0.2) is 0 Å². The number of hydrogen-bond donors (Lipinski definition) is 2. The summed E-state index contributed by atoms with van der Waals surface area (Å²) in [4.78, 5) is 29.9. The molecule has 2 amide bonds. The number of para-hydroxylation sites is 1. The number of ether oxygens (including phenoxy) is 1. The summed E-state index contributed by atoms with van der Waals surface area (Å²) in [7, 11) is 0. The zero-order valence-corrected chi connectivity index (χ0v) is 16.2. The van der Waals surface area contributed by atoms with Crippen LogP contribution in [-0.4, -0.2) is 54.0 Å². The van der Waals surface area contributed by atoms with Gasteiger partial charge in [-0.15, -0.1) is 0 Å². The van der Waals surface area contributed by atoms with Gasteiger partial charge in [0.25, 0.3) is 0 Å². The van der Waals surface area contributed by atoms with E-state index in [4.69, 9.17) is 4.74 Å². The fourth-order valence-electron chi connectivity index (χ4n) is 3.79. The van der Waals surface area contributed by atoms with Crippen molar-refractivity contribution in [2.24, 2.45) is 5.92 Å². The Morgan fingerprint density at radius 3 is 2.74 bits per heavy atom. The molecule has 6 nitrogen and oxygen atoms in total. The van der Waals surface area contributed by atoms with E-state index < -0.39 is 6.04 Å². The average molecular weight is 371 g/mol. The van der Waals surface area contributed by atoms with Crippen LogP contribution in [0.5, 0.6) is 0 Å². The molecule has 1 aliphatic heterocycles. The molecule has 1 aromatic heterocycles. The molecule has 2 aromatic rings. The molecule has 3 rings (SSSR count). The fourth-order valence-corrected chi connectivity index (χ4v) is 3.79. The number of aromatic nitrogens is 1. The third kappa shape index (κ3) is 4.89. The van der Waals surface area contributed by atoms with Crippen molar-refractivity contribution in [1.82, 2.24) is 15.2 Å². The molecule has 1 saturated heterocycles. The van der Waals surface area contributed by atoms with Crippen LogP contribution in [0.15, 0.2) is 30.5 Å². The first-order chi connectivity index (χ1) is 13.1. The maximum Gasteiger partial charge on any atom is 0.245 e. The summed E-state index contributed by atoms with van der Waals surface area (Å²) >= 11 is 0. The Morgan fingerprint density at radius 2 is 2.04 bits per heavy atom. The molecular formula is C21H29N3O3. The van der Waals surface area contributed by atoms with E-state index in [0.29, 0.717) is 12.3 Å². The van der Waals surface area contributed by atoms with Gasteiger partial charge < -0.3 is 19.9 Å². The quantitative estimate of drug-likeness (QED) is 0.785. The van der Waals surface area contributed by atoms with Crippen LogP contribution in [0.3, 0.4) is 0 Å². The van der Waals surface area contributed by atoms with Crippen LogP contribution in [0.2, 0.25) is 0 Å². The molecule has 146 valence electrons. The molecule has 1 aromatic carbocycles. The van der Waals surface area contributed by atoms with Crippen molar-refractivity contribution < 1.29 is 14.3 Å². The number of H-pyrrole nitrogens is 1. The highest BCUT2D eigenvalue weighted by atomic mass is 16.5. The molecule has 0 radical (unpaired) electrons. The van der Waals surface area contributed by atoms with Gasteiger partial charge in [0.1, 0.15) is 6.04 Å². The second-order valence-electron chi connectivity index (χ2n) is 7.24. The Bertz CT molecular complexity index is 778. The molecular weight excluding hydrogens is 342 g/mol. The van der Waals surface area contributed by atoms with Crippen LogP contribution in [0, 0.1) is 5.92 Å². The minimum atomic E-state index is -0.537. The molecule has 0 aliphatic carbocycles. The van der Waals surface area contributed by atoms with E-state index in [2.05, 4.69) is 10.3 Å². The summed E-state index contributed by atoms with van der Waals surface area (Å²) in [6, 6.07) is 7.47. The van der Waals surface area contributed by atoms with Crippen molar-refractivity contribution in [2.45, 2.75) is 39.2 Å². The molecule has 0 bridgehead atoms. The van der Waals surface area contributed by atoms with Crippen molar-refractivity contribution in [1.29, 1.82) is 0 Å². The molecule has 1 fully saturated rings. The number of likely N-dealkylation sites (tertiary alicyclic amines) is 1. The number of aromatic amines is 1. The second-order valence-corrected chi connectivity index (χ2v) is 7.24. The van der Waals surface area contributed by atoms with Crippen LogP contribution in [0.25, 0.3) is 10.9 Å². The molecule has 1 aliphatic rings. The van der Waals surface area contributed by atoms with E-state index >= 15 is 0 Å². The second kappa shape index (κ2) is 9.04. The largest absolute Gasteiger partial charge is 0.381 e. The number of nitrogens with one attached hydrogen (secondary N) is 2. The zero-order chi connectivity index (χ0) is 19.2. The first-order valence-electron chi connectivity index (χ1n) is 9.77. The number of carbonyl (C=O) groups is 2. The monoisotopic (exact) mass is 371 g/mol. The molecule has 6 heteroatoms. The smallest absolute Gasteiger partial charge is 0.245 e. The van der Waals surface area contributed by atoms with E-state index in [9.17, 15) is 9.59 Å². The van der Waals surface area contributed by atoms with Crippen LogP contribution >= 0.6 is 0 Å². The number of rotatable bonds is 7. The number of piperidine rings is 1. The Morgan fingerprint density at radius 1 is 1.30 bits per heavy atom. The number of nitrogens with zero attached hydrogens (tertiary/aromatic N) is 1. The topological polar surface area (TPSA) is 74.4 Å². The minimum absolute atomic E-state index is 0.00495. The first kappa shape index (κ1) is 19.4. The lowest BCUT2D eigenvalue weighted by atomic mass is 9.96. The molecule has 2 N–H and O–H groups in total. The van der Waals surface area contributed by atoms with Gasteiger partial charge in [0.15, 0.2) is 0 Å². The lowest BCUT2D eigenvalue weighted by molar-refractivity contribution is -0.137. The molecule has 0 saturated carbocycles. The van der Waals surface area contributed by atoms with Crippen LogP contribution in [0.4, 0.5) is 0 Å². The minimum Gasteiger partial charge on any atom is -0.381 e. The average Bonchev–Trinajstić information content (AvgIpc) is 3.08. The highest BCUT2D eigenvalue weighted by Gasteiger charge is 2.29. The van der Waals surface area contributed by atoms with Crippen LogP contribution in [0.1, 0.15) is 32.3 Å². The molecule has 1 atom stereocenters. The summed E-state index contributed by atoms with van der Waals surface area (Å²) in [5.41, 5.74) is 2.09. The van der Waals surface area contributed by atoms with E-state index in [1.807, 2.05) is 42.3 Å². The van der Waals surface area contributed by atoms with Gasteiger partial charge in [0.05, 0.1) is 0 Å². The fraction of sp³-hybridized carbons (Fsp3) is 0.524. The maximum absolute atomic E-state index is 13.1. The van der Waals surface area contributed by atoms with E-state index in [-0.39, 0.29) is 11.8 Å². The van der Waals surface area contributed by atoms with E-state index in [1.165, 1.54) is 6.92 Å². The predicted octanol–water partition coefficient (Wildman–Crippen LogP) is 2.49. The van der Waals surface area contributed by atoms with Crippen molar-refractivity contribution >= 4 is 22.7 Å². The Balaban J connectivity index is 1.67. The number of benzene rings is 1. The SMILES string of the molecule is CCOCC1CCN(C(=O)C(Cc2c[nH]c3ccccc23)NC(C)=O)CC1. The lowest BCUT2D eigenvalue weighted by Crippen LogP contribution is -2.51. The van der Waals surface area contributed by atoms with Crippen molar-refractivity contribution in [3.8, 4) is 0 Å². The summed E-state index contributed by atoms with van der Waals surface area (Å²) in [6.07, 6.45) is 4.32. The zero-order valence-electron chi connectivity index (χ0n) is 16.2. The van der Waals surface area contributed by atoms with Crippen LogP contribution in [-0.2, 0) is 20.7 Å². The lowest BCUT2D eigenvalue weighted by Gasteiger charge is -2.34. The summed E-state index contributed by atoms with van der Waals surface area (Å²) in [5.74, 6) is 0.339. The van der Waals surface area contributed by atoms with Gasteiger partial charge in [-0.3, -0.25) is 9.59 Å². The normalized spacial score (nSPS) is 16.4. The van der Waals surface area contributed by atoms with Gasteiger partial charge in [0, 0.05) is 56.7 Å². The highest BCUT2D eigenvalue weighted by Crippen LogP contribution is 2.22. The van der Waals surface area contributed by atoms with E-state index in [0.717, 1.165) is 55.6 Å². The molecule has 0 spiro atoms. The van der Waals surface area contributed by atoms with Gasteiger partial charge in [-0.05, 0) is 37.3 Å². The van der Waals surface area contributed by atoms with Crippen molar-refractivity contribution in [2.75, 3.05) is 26.3 Å². The van der Waals surface area contributed by atoms with Gasteiger partial charge in [-0.1, -0.05) is 18.2 Å². The third-order valence-electron chi connectivity index (χ3n) is 5.26. The summed E-state index contributed by atoms with van der Waals surface area (Å²) in [6.45, 7) is 6.41. The van der Waals surface area contributed by atoms with Gasteiger partial charge in [0.2, 0.25) is 11.8 Å². The number of fused-ring (bicyclic) bond motifs is 1. The van der Waals surface area contributed by atoms with E-state index in [1.54, 1.807) is 0 Å². The highest BCUT2D eigenvalue weighted by molar-refractivity contribution is 5.89. The number of carbonyl (C=O) groups excluding carboxylic acids is 2. The molecule has 1 unspecified atom stereocenters. The standard InChI is InChI=1S/C21H29N3O3/c1-3-27-14-16-8-10-24(11-9-16)21(26)20(23-15(2)25)12-17-13-22-19-7-5-4-6-18(17)19/h4-7,13,16,20,22H,3,8-12,14H2,1-2H3,(H,23,25). The van der Waals surface area contributed by atoms with Crippen LogP contribution < -0.4 is 5.32 Å². The van der Waals surface area contributed by atoms with Crippen molar-refractivity contribution in [3.63, 3.8) is 0 Å². The third-order valence-corrected chi connectivity index (χ3v) is 5.26. The predicted molar refractivity (Wildman–Crippen MR) is 105 cm³/mol. The van der Waals surface area contributed by atoms with Crippen molar-refractivity contribution in [3.05, 3.63) is 36.0 Å². The summed E-state index contributed by atoms with van der Waals surface area (Å²) in [5, 5.41) is 3.95. The van der Waals surface area contributed by atoms with Gasteiger partial charge in [-0.2, -0.15) is 0 Å². The molecule has 2 heterocycles. The van der Waals surface area contributed by atoms with Gasteiger partial charge >= 0.3 is 0 Å².